The van der Waals surface area contributed by atoms with Gasteiger partial charge in [0.1, 0.15) is 22.6 Å². The summed E-state index contributed by atoms with van der Waals surface area (Å²) in [4.78, 5) is 38.1. The first-order valence-electron chi connectivity index (χ1n) is 15.4. The molecule has 0 saturated carbocycles. The monoisotopic (exact) mass is 932 g/mol. The van der Waals surface area contributed by atoms with Crippen LogP contribution in [0.3, 0.4) is 0 Å². The molecule has 0 saturated heterocycles. The van der Waals surface area contributed by atoms with Crippen molar-refractivity contribution in [1.82, 2.24) is 10.3 Å². The van der Waals surface area contributed by atoms with Crippen LogP contribution in [0.1, 0.15) is 54.7 Å². The van der Waals surface area contributed by atoms with Crippen molar-refractivity contribution < 1.29 is 48.0 Å². The standard InChI is InChI=1S/C17H11Cl2NO4.C11H14ClNO4.C9H8BrClO2.3CH4/c18-11-3-1-10(2-4-11)15(17(21)22)24-14-6-5-12(19)9-13(14)16-20-7-8-23-16;1-16-10(17-2)6-13-11(15)8-5-7(12)3-4-9(8)14;1-13-9(12)8(10)6-2-4-7(11)5-3-6;;;/h1-9,15H,(H,21,22);3-5,10,14H,6H2,1-2H3,(H,13,15);2-5,8H,1H3;3*1H4. The van der Waals surface area contributed by atoms with Crippen molar-refractivity contribution in [2.24, 2.45) is 0 Å². The van der Waals surface area contributed by atoms with E-state index in [0.29, 0.717) is 37.0 Å². The molecule has 17 heteroatoms. The second-order valence-corrected chi connectivity index (χ2v) is 13.2. The number of carbonyl (C=O) groups is 3. The van der Waals surface area contributed by atoms with Gasteiger partial charge in [-0.3, -0.25) is 9.59 Å². The first kappa shape index (κ1) is 52.7. The zero-order valence-electron chi connectivity index (χ0n) is 28.7. The number of esters is 1. The fourth-order valence-electron chi connectivity index (χ4n) is 4.25. The van der Waals surface area contributed by atoms with Gasteiger partial charge in [0.05, 0.1) is 31.0 Å². The molecule has 4 aromatic carbocycles. The third-order valence-corrected chi connectivity index (χ3v) is 8.85. The Morgan fingerprint density at radius 2 is 1.32 bits per heavy atom. The number of phenols is 1. The van der Waals surface area contributed by atoms with Gasteiger partial charge < -0.3 is 38.9 Å². The zero-order chi connectivity index (χ0) is 39.8. The van der Waals surface area contributed by atoms with Crippen molar-refractivity contribution in [3.63, 3.8) is 0 Å². The number of hydrogen-bond acceptors (Lipinski definition) is 10. The Bertz CT molecular complexity index is 1960. The summed E-state index contributed by atoms with van der Waals surface area (Å²) >= 11 is 26.5. The smallest absolute Gasteiger partial charge is 0.349 e. The van der Waals surface area contributed by atoms with E-state index in [1.165, 1.54) is 52.0 Å². The van der Waals surface area contributed by atoms with Crippen LogP contribution in [0.4, 0.5) is 0 Å². The van der Waals surface area contributed by atoms with E-state index < -0.39 is 29.1 Å². The number of carbonyl (C=O) groups excluding carboxylic acids is 2. The summed E-state index contributed by atoms with van der Waals surface area (Å²) in [5.74, 6) is -1.44. The van der Waals surface area contributed by atoms with Crippen LogP contribution in [0.5, 0.6) is 11.5 Å². The molecule has 2 atom stereocenters. The van der Waals surface area contributed by atoms with E-state index in [1.54, 1.807) is 66.7 Å². The molecule has 0 aliphatic carbocycles. The molecule has 0 aliphatic rings. The summed E-state index contributed by atoms with van der Waals surface area (Å²) in [5, 5.41) is 23.6. The second-order valence-electron chi connectivity index (χ2n) is 10.6. The molecular formula is C40H45BrCl4N2O10. The van der Waals surface area contributed by atoms with Crippen LogP contribution in [0, 0.1) is 0 Å². The fourth-order valence-corrected chi connectivity index (χ4v) is 5.34. The number of aromatic nitrogens is 1. The molecule has 5 aromatic rings. The van der Waals surface area contributed by atoms with Crippen molar-refractivity contribution >= 4 is 80.2 Å². The summed E-state index contributed by atoms with van der Waals surface area (Å²) in [7, 11) is 4.29. The molecule has 1 amide bonds. The van der Waals surface area contributed by atoms with Gasteiger partial charge in [-0.05, 0) is 66.2 Å². The number of carboxylic acid groups (broad SMARTS) is 1. The maximum Gasteiger partial charge on any atom is 0.349 e. The minimum Gasteiger partial charge on any atom is -0.507 e. The summed E-state index contributed by atoms with van der Waals surface area (Å²) in [5.41, 5.74) is 1.87. The number of rotatable bonds is 12. The van der Waals surface area contributed by atoms with Gasteiger partial charge in [0.25, 0.3) is 5.91 Å². The fraction of sp³-hybridized carbons (Fsp3) is 0.250. The van der Waals surface area contributed by atoms with Crippen molar-refractivity contribution in [3.05, 3.63) is 134 Å². The SMILES string of the molecule is C.C.C.COC(=O)C(Br)c1ccc(Cl)cc1.COC(CNC(=O)c1cc(Cl)ccc1O)OC.O=C(O)C(Oc1ccc(Cl)cc1-c1ncco1)c1ccc(Cl)cc1. The van der Waals surface area contributed by atoms with Crippen LogP contribution < -0.4 is 10.1 Å². The molecule has 0 fully saturated rings. The minimum atomic E-state index is -1.21. The van der Waals surface area contributed by atoms with E-state index in [-0.39, 0.29) is 52.0 Å². The molecule has 0 bridgehead atoms. The Balaban J connectivity index is 0.000000845. The highest BCUT2D eigenvalue weighted by Gasteiger charge is 2.24. The van der Waals surface area contributed by atoms with E-state index in [9.17, 15) is 24.6 Å². The van der Waals surface area contributed by atoms with Gasteiger partial charge in [0.15, 0.2) is 6.29 Å². The molecule has 310 valence electrons. The highest BCUT2D eigenvalue weighted by Crippen LogP contribution is 2.35. The number of ether oxygens (including phenoxy) is 4. The Morgan fingerprint density at radius 3 is 1.82 bits per heavy atom. The van der Waals surface area contributed by atoms with E-state index in [1.807, 2.05) is 0 Å². The van der Waals surface area contributed by atoms with Crippen molar-refractivity contribution in [2.75, 3.05) is 27.9 Å². The minimum absolute atomic E-state index is 0. The largest absolute Gasteiger partial charge is 0.507 e. The van der Waals surface area contributed by atoms with Crippen LogP contribution in [0.15, 0.2) is 102 Å². The number of alkyl halides is 1. The van der Waals surface area contributed by atoms with Gasteiger partial charge in [-0.15, -0.1) is 0 Å². The lowest BCUT2D eigenvalue weighted by molar-refractivity contribution is -0.145. The lowest BCUT2D eigenvalue weighted by atomic mass is 10.1. The van der Waals surface area contributed by atoms with Crippen molar-refractivity contribution in [1.29, 1.82) is 0 Å². The molecule has 1 aromatic heterocycles. The molecule has 3 N–H and O–H groups in total. The highest BCUT2D eigenvalue weighted by molar-refractivity contribution is 9.09. The van der Waals surface area contributed by atoms with Crippen molar-refractivity contribution in [2.45, 2.75) is 39.5 Å². The molecule has 5 rings (SSSR count). The summed E-state index contributed by atoms with van der Waals surface area (Å²) in [6, 6.07) is 22.5. The third kappa shape index (κ3) is 16.6. The maximum absolute atomic E-state index is 11.7. The average molecular weight is 936 g/mol. The predicted octanol–water partition coefficient (Wildman–Crippen LogP) is 11.1. The number of aliphatic carboxylic acids is 1. The molecule has 12 nitrogen and oxygen atoms in total. The average Bonchev–Trinajstić information content (AvgIpc) is 3.71. The Morgan fingerprint density at radius 1 is 0.789 bits per heavy atom. The number of amides is 1. The number of oxazole rings is 1. The first-order chi connectivity index (χ1) is 25.8. The topological polar surface area (TPSA) is 167 Å². The molecule has 2 unspecified atom stereocenters. The predicted molar refractivity (Wildman–Crippen MR) is 228 cm³/mol. The Hall–Kier alpha value is -4.34. The van der Waals surface area contributed by atoms with E-state index in [4.69, 9.17) is 65.0 Å². The molecule has 0 spiro atoms. The van der Waals surface area contributed by atoms with Gasteiger partial charge >= 0.3 is 11.9 Å². The lowest BCUT2D eigenvalue weighted by Gasteiger charge is -2.17. The van der Waals surface area contributed by atoms with Crippen LogP contribution in [0.2, 0.25) is 20.1 Å². The van der Waals surface area contributed by atoms with Crippen LogP contribution in [0.25, 0.3) is 11.5 Å². The Labute approximate surface area is 361 Å². The Kier molecular flexibility index (Phi) is 24.5. The number of benzene rings is 4. The number of hydrogen-bond donors (Lipinski definition) is 3. The van der Waals surface area contributed by atoms with Crippen LogP contribution >= 0.6 is 62.3 Å². The summed E-state index contributed by atoms with van der Waals surface area (Å²) < 4.78 is 25.4. The maximum atomic E-state index is 11.7. The number of nitrogens with zero attached hydrogens (tertiary/aromatic N) is 1. The van der Waals surface area contributed by atoms with Crippen LogP contribution in [-0.2, 0) is 23.8 Å². The summed E-state index contributed by atoms with van der Waals surface area (Å²) in [6.07, 6.45) is 1.15. The van der Waals surface area contributed by atoms with Gasteiger partial charge in [0.2, 0.25) is 12.0 Å². The van der Waals surface area contributed by atoms with E-state index >= 15 is 0 Å². The van der Waals surface area contributed by atoms with Gasteiger partial charge in [-0.25, -0.2) is 9.78 Å². The summed E-state index contributed by atoms with van der Waals surface area (Å²) in [6.45, 7) is 0.178. The number of nitrogens with one attached hydrogen (secondary N) is 1. The normalized spacial score (nSPS) is 11.0. The molecular weight excluding hydrogens is 890 g/mol. The first-order valence-corrected chi connectivity index (χ1v) is 17.8. The molecule has 1 heterocycles. The molecule has 57 heavy (non-hydrogen) atoms. The number of methoxy groups -OCH3 is 3. The number of halogens is 5. The lowest BCUT2D eigenvalue weighted by Crippen LogP contribution is -2.34. The number of aromatic hydroxyl groups is 1. The van der Waals surface area contributed by atoms with Gasteiger partial charge in [-0.1, -0.05) is 109 Å². The molecule has 0 aliphatic heterocycles. The van der Waals surface area contributed by atoms with Crippen molar-refractivity contribution in [3.8, 4) is 23.0 Å². The van der Waals surface area contributed by atoms with E-state index in [0.717, 1.165) is 5.56 Å². The third-order valence-electron chi connectivity index (χ3n) is 6.98. The number of carboxylic acids is 1. The second kappa shape index (κ2) is 26.6. The van der Waals surface area contributed by atoms with Crippen LogP contribution in [-0.4, -0.2) is 67.2 Å². The van der Waals surface area contributed by atoms with E-state index in [2.05, 4.69) is 31.0 Å². The zero-order valence-corrected chi connectivity index (χ0v) is 33.3. The quantitative estimate of drug-likeness (QED) is 0.0619. The van der Waals surface area contributed by atoms with Gasteiger partial charge in [-0.2, -0.15) is 0 Å². The highest BCUT2D eigenvalue weighted by atomic mass is 79.9. The van der Waals surface area contributed by atoms with Gasteiger partial charge in [0, 0.05) is 39.9 Å². The molecule has 0 radical (unpaired) electrons. The number of phenolic OH excluding ortho intramolecular Hbond substituents is 1.